The molecule has 0 bridgehead atoms. The van der Waals surface area contributed by atoms with E-state index in [1.807, 2.05) is 13.8 Å². The predicted octanol–water partition coefficient (Wildman–Crippen LogP) is 0.278. The van der Waals surface area contributed by atoms with E-state index in [-0.39, 0.29) is 11.9 Å². The van der Waals surface area contributed by atoms with E-state index in [2.05, 4.69) is 10.6 Å². The van der Waals surface area contributed by atoms with Gasteiger partial charge >= 0.3 is 0 Å². The first-order valence-corrected chi connectivity index (χ1v) is 6.83. The Bertz CT molecular complexity index is 242. The van der Waals surface area contributed by atoms with Gasteiger partial charge in [0.15, 0.2) is 0 Å². The summed E-state index contributed by atoms with van der Waals surface area (Å²) in [6, 6.07) is 0.180. The third-order valence-corrected chi connectivity index (χ3v) is 2.72. The van der Waals surface area contributed by atoms with Gasteiger partial charge in [0.05, 0.1) is 12.7 Å². The lowest BCUT2D eigenvalue weighted by Gasteiger charge is -2.12. The summed E-state index contributed by atoms with van der Waals surface area (Å²) in [5.41, 5.74) is 0. The second kappa shape index (κ2) is 8.45. The van der Waals surface area contributed by atoms with Gasteiger partial charge in [-0.05, 0) is 32.6 Å². The fourth-order valence-electron chi connectivity index (χ4n) is 1.58. The average molecular weight is 258 g/mol. The molecule has 1 unspecified atom stereocenters. The smallest absolute Gasteiger partial charge is 0.221 e. The number of hydrogen-bond donors (Lipinski definition) is 3. The lowest BCUT2D eigenvalue weighted by atomic mass is 10.3. The van der Waals surface area contributed by atoms with Gasteiger partial charge in [-0.25, -0.2) is 0 Å². The topological polar surface area (TPSA) is 70.6 Å². The molecule has 0 aromatic heterocycles. The molecule has 106 valence electrons. The lowest BCUT2D eigenvalue weighted by molar-refractivity contribution is -0.121. The van der Waals surface area contributed by atoms with Gasteiger partial charge in [-0.3, -0.25) is 4.79 Å². The van der Waals surface area contributed by atoms with Gasteiger partial charge < -0.3 is 20.5 Å². The summed E-state index contributed by atoms with van der Waals surface area (Å²) in [7, 11) is 0. The van der Waals surface area contributed by atoms with Crippen molar-refractivity contribution >= 4 is 5.91 Å². The van der Waals surface area contributed by atoms with Crippen molar-refractivity contribution in [2.75, 3.05) is 26.3 Å². The maximum Gasteiger partial charge on any atom is 0.221 e. The zero-order chi connectivity index (χ0) is 13.4. The number of carbonyl (C=O) groups is 1. The molecule has 5 nitrogen and oxygen atoms in total. The molecule has 1 aliphatic carbocycles. The third-order valence-electron chi connectivity index (χ3n) is 2.72. The van der Waals surface area contributed by atoms with Crippen molar-refractivity contribution in [3.63, 3.8) is 0 Å². The molecule has 1 saturated carbocycles. The van der Waals surface area contributed by atoms with E-state index in [9.17, 15) is 9.90 Å². The SMILES string of the molecule is CC(C)NC(=O)CCNCC(O)COCC1CC1. The van der Waals surface area contributed by atoms with Crippen molar-refractivity contribution in [3.05, 3.63) is 0 Å². The van der Waals surface area contributed by atoms with E-state index < -0.39 is 6.10 Å². The van der Waals surface area contributed by atoms with Gasteiger partial charge in [0.25, 0.3) is 0 Å². The summed E-state index contributed by atoms with van der Waals surface area (Å²) >= 11 is 0. The molecule has 1 amide bonds. The maximum absolute atomic E-state index is 11.3. The van der Waals surface area contributed by atoms with Crippen LogP contribution in [0.4, 0.5) is 0 Å². The molecule has 1 atom stereocenters. The molecule has 0 heterocycles. The Labute approximate surface area is 109 Å². The minimum Gasteiger partial charge on any atom is -0.389 e. The van der Waals surface area contributed by atoms with Crippen LogP contribution < -0.4 is 10.6 Å². The summed E-state index contributed by atoms with van der Waals surface area (Å²) in [6.45, 7) is 6.08. The highest BCUT2D eigenvalue weighted by Crippen LogP contribution is 2.28. The molecule has 1 fully saturated rings. The monoisotopic (exact) mass is 258 g/mol. The predicted molar refractivity (Wildman–Crippen MR) is 70.3 cm³/mol. The summed E-state index contributed by atoms with van der Waals surface area (Å²) in [5.74, 6) is 0.766. The van der Waals surface area contributed by atoms with E-state index in [1.165, 1.54) is 12.8 Å². The molecular formula is C13H26N2O3. The number of nitrogens with one attached hydrogen (secondary N) is 2. The quantitative estimate of drug-likeness (QED) is 0.492. The number of carbonyl (C=O) groups excluding carboxylic acids is 1. The molecule has 3 N–H and O–H groups in total. The summed E-state index contributed by atoms with van der Waals surface area (Å²) < 4.78 is 5.38. The van der Waals surface area contributed by atoms with E-state index in [1.54, 1.807) is 0 Å². The number of aliphatic hydroxyl groups excluding tert-OH is 1. The highest BCUT2D eigenvalue weighted by atomic mass is 16.5. The summed E-state index contributed by atoms with van der Waals surface area (Å²) in [5, 5.41) is 15.5. The molecule has 5 heteroatoms. The zero-order valence-corrected chi connectivity index (χ0v) is 11.4. The van der Waals surface area contributed by atoms with Crippen LogP contribution in [0.2, 0.25) is 0 Å². The van der Waals surface area contributed by atoms with Crippen LogP contribution in [-0.2, 0) is 9.53 Å². The van der Waals surface area contributed by atoms with Gasteiger partial charge in [0.2, 0.25) is 5.91 Å². The normalized spacial score (nSPS) is 16.9. The first kappa shape index (κ1) is 15.4. The van der Waals surface area contributed by atoms with E-state index in [4.69, 9.17) is 4.74 Å². The van der Waals surface area contributed by atoms with E-state index in [0.717, 1.165) is 12.5 Å². The maximum atomic E-state index is 11.3. The van der Waals surface area contributed by atoms with Crippen LogP contribution in [-0.4, -0.2) is 49.5 Å². The van der Waals surface area contributed by atoms with Crippen molar-refractivity contribution < 1.29 is 14.6 Å². The minimum atomic E-state index is -0.489. The Morgan fingerprint density at radius 2 is 2.17 bits per heavy atom. The molecule has 0 aromatic carbocycles. The number of ether oxygens (including phenoxy) is 1. The van der Waals surface area contributed by atoms with E-state index in [0.29, 0.717) is 26.1 Å². The number of rotatable bonds is 10. The molecule has 1 aliphatic rings. The Balaban J connectivity index is 1.87. The number of aliphatic hydroxyl groups is 1. The number of hydrogen-bond acceptors (Lipinski definition) is 4. The largest absolute Gasteiger partial charge is 0.389 e. The van der Waals surface area contributed by atoms with Crippen molar-refractivity contribution in [1.29, 1.82) is 0 Å². The van der Waals surface area contributed by atoms with Crippen LogP contribution in [0.25, 0.3) is 0 Å². The molecule has 18 heavy (non-hydrogen) atoms. The zero-order valence-electron chi connectivity index (χ0n) is 11.4. The molecule has 0 aliphatic heterocycles. The van der Waals surface area contributed by atoms with Crippen molar-refractivity contribution in [1.82, 2.24) is 10.6 Å². The Morgan fingerprint density at radius 1 is 1.44 bits per heavy atom. The van der Waals surface area contributed by atoms with Crippen molar-refractivity contribution in [3.8, 4) is 0 Å². The van der Waals surface area contributed by atoms with E-state index >= 15 is 0 Å². The first-order chi connectivity index (χ1) is 8.58. The number of amides is 1. The Morgan fingerprint density at radius 3 is 2.78 bits per heavy atom. The molecule has 0 spiro atoms. The van der Waals surface area contributed by atoms with Crippen LogP contribution in [0.5, 0.6) is 0 Å². The molecule has 1 rings (SSSR count). The standard InChI is InChI=1S/C13H26N2O3/c1-10(2)15-13(17)5-6-14-7-12(16)9-18-8-11-3-4-11/h10-12,14,16H,3-9H2,1-2H3,(H,15,17). The van der Waals surface area contributed by atoms with Gasteiger partial charge in [-0.1, -0.05) is 0 Å². The van der Waals surface area contributed by atoms with Crippen LogP contribution in [0, 0.1) is 5.92 Å². The van der Waals surface area contributed by atoms with Gasteiger partial charge in [-0.15, -0.1) is 0 Å². The molecule has 0 radical (unpaired) electrons. The summed E-state index contributed by atoms with van der Waals surface area (Å²) in [4.78, 5) is 11.3. The fourth-order valence-corrected chi connectivity index (χ4v) is 1.58. The third kappa shape index (κ3) is 8.44. The Kier molecular flexibility index (Phi) is 7.23. The summed E-state index contributed by atoms with van der Waals surface area (Å²) in [6.07, 6.45) is 2.48. The molecule has 0 saturated heterocycles. The molecular weight excluding hydrogens is 232 g/mol. The molecule has 0 aromatic rings. The van der Waals surface area contributed by atoms with Gasteiger partial charge in [-0.2, -0.15) is 0 Å². The first-order valence-electron chi connectivity index (χ1n) is 6.83. The average Bonchev–Trinajstić information content (AvgIpc) is 3.07. The Hall–Kier alpha value is -0.650. The van der Waals surface area contributed by atoms with Gasteiger partial charge in [0, 0.05) is 32.2 Å². The van der Waals surface area contributed by atoms with Crippen molar-refractivity contribution in [2.24, 2.45) is 5.92 Å². The highest BCUT2D eigenvalue weighted by Gasteiger charge is 2.21. The minimum absolute atomic E-state index is 0.0389. The van der Waals surface area contributed by atoms with Crippen molar-refractivity contribution in [2.45, 2.75) is 45.3 Å². The lowest BCUT2D eigenvalue weighted by Crippen LogP contribution is -2.35. The second-order valence-electron chi connectivity index (χ2n) is 5.31. The van der Waals surface area contributed by atoms with Gasteiger partial charge in [0.1, 0.15) is 0 Å². The highest BCUT2D eigenvalue weighted by molar-refractivity contribution is 5.76. The van der Waals surface area contributed by atoms with Crippen LogP contribution in [0.15, 0.2) is 0 Å². The van der Waals surface area contributed by atoms with Crippen LogP contribution >= 0.6 is 0 Å². The van der Waals surface area contributed by atoms with Crippen LogP contribution in [0.1, 0.15) is 33.1 Å². The second-order valence-corrected chi connectivity index (χ2v) is 5.31. The fraction of sp³-hybridized carbons (Fsp3) is 0.923. The van der Waals surface area contributed by atoms with Crippen LogP contribution in [0.3, 0.4) is 0 Å².